The summed E-state index contributed by atoms with van der Waals surface area (Å²) in [7, 11) is -2.04. The van der Waals surface area contributed by atoms with Crippen LogP contribution >= 0.6 is 11.6 Å². The predicted molar refractivity (Wildman–Crippen MR) is 96.4 cm³/mol. The summed E-state index contributed by atoms with van der Waals surface area (Å²) in [4.78, 5) is 4.07. The van der Waals surface area contributed by atoms with E-state index in [9.17, 15) is 17.2 Å². The molecule has 0 amide bonds. The molecule has 0 aliphatic carbocycles. The van der Waals surface area contributed by atoms with Crippen LogP contribution in [0.15, 0.2) is 47.5 Å². The average molecular weight is 414 g/mol. The maximum atomic E-state index is 13.2. The standard InChI is InChI=1S/C17H14ClF2N3O3S/c1-26-15-4-3-10(7-12(15)18)14-9-13(17(19)20)22-23(14)16-8-11(5-6-21-16)27(2,24)25/h3-9,17H,1-2H3. The van der Waals surface area contributed by atoms with Gasteiger partial charge in [0.05, 0.1) is 22.7 Å². The lowest BCUT2D eigenvalue weighted by Gasteiger charge is -2.09. The molecule has 0 unspecified atom stereocenters. The second-order valence-electron chi connectivity index (χ2n) is 5.64. The van der Waals surface area contributed by atoms with Crippen LogP contribution in [0.4, 0.5) is 8.78 Å². The molecule has 3 rings (SSSR count). The number of hydrogen-bond donors (Lipinski definition) is 0. The Morgan fingerprint density at radius 2 is 1.93 bits per heavy atom. The quantitative estimate of drug-likeness (QED) is 0.633. The van der Waals surface area contributed by atoms with Crippen LogP contribution in [0, 0.1) is 0 Å². The molecule has 6 nitrogen and oxygen atoms in total. The fourth-order valence-corrected chi connectivity index (χ4v) is 3.34. The topological polar surface area (TPSA) is 74.1 Å². The average Bonchev–Trinajstić information content (AvgIpc) is 3.07. The first kappa shape index (κ1) is 19.2. The zero-order valence-corrected chi connectivity index (χ0v) is 15.8. The normalized spacial score (nSPS) is 11.8. The predicted octanol–water partition coefficient (Wildman–Crippen LogP) is 3.94. The number of hydrogen-bond acceptors (Lipinski definition) is 5. The molecule has 0 atom stereocenters. The Morgan fingerprint density at radius 3 is 2.52 bits per heavy atom. The van der Waals surface area contributed by atoms with Gasteiger partial charge in [-0.1, -0.05) is 11.6 Å². The van der Waals surface area contributed by atoms with Crippen molar-refractivity contribution < 1.29 is 21.9 Å². The number of rotatable bonds is 5. The number of sulfone groups is 1. The second-order valence-corrected chi connectivity index (χ2v) is 8.06. The Morgan fingerprint density at radius 1 is 1.19 bits per heavy atom. The molecule has 2 aromatic heterocycles. The van der Waals surface area contributed by atoms with Crippen LogP contribution in [0.1, 0.15) is 12.1 Å². The summed E-state index contributed by atoms with van der Waals surface area (Å²) >= 11 is 6.13. The molecular formula is C17H14ClF2N3O3S. The number of halogens is 3. The molecule has 142 valence electrons. The van der Waals surface area contributed by atoms with E-state index < -0.39 is 22.0 Å². The second kappa shape index (κ2) is 7.24. The summed E-state index contributed by atoms with van der Waals surface area (Å²) in [5.74, 6) is 0.518. The highest BCUT2D eigenvalue weighted by molar-refractivity contribution is 7.90. The van der Waals surface area contributed by atoms with Gasteiger partial charge in [-0.15, -0.1) is 0 Å². The van der Waals surface area contributed by atoms with E-state index in [0.717, 1.165) is 10.9 Å². The van der Waals surface area contributed by atoms with Gasteiger partial charge in [0, 0.05) is 24.1 Å². The van der Waals surface area contributed by atoms with E-state index in [4.69, 9.17) is 16.3 Å². The third-order valence-corrected chi connectivity index (χ3v) is 5.17. The van der Waals surface area contributed by atoms with Crippen molar-refractivity contribution in [3.63, 3.8) is 0 Å². The Bertz CT molecular complexity index is 1100. The lowest BCUT2D eigenvalue weighted by Crippen LogP contribution is -2.05. The number of alkyl halides is 2. The minimum atomic E-state index is -3.50. The third-order valence-electron chi connectivity index (χ3n) is 3.76. The maximum absolute atomic E-state index is 13.2. The van der Waals surface area contributed by atoms with Crippen molar-refractivity contribution in [1.29, 1.82) is 0 Å². The zero-order chi connectivity index (χ0) is 19.8. The largest absolute Gasteiger partial charge is 0.495 e. The van der Waals surface area contributed by atoms with Gasteiger partial charge >= 0.3 is 0 Å². The molecule has 1 aromatic carbocycles. The molecule has 0 aliphatic rings. The van der Waals surface area contributed by atoms with Gasteiger partial charge in [-0.3, -0.25) is 0 Å². The summed E-state index contributed by atoms with van der Waals surface area (Å²) in [6.45, 7) is 0. The van der Waals surface area contributed by atoms with Gasteiger partial charge in [-0.25, -0.2) is 26.9 Å². The van der Waals surface area contributed by atoms with Crippen LogP contribution in [-0.4, -0.2) is 36.5 Å². The molecule has 0 aliphatic heterocycles. The van der Waals surface area contributed by atoms with E-state index in [0.29, 0.717) is 16.3 Å². The summed E-state index contributed by atoms with van der Waals surface area (Å²) in [6, 6.07) is 8.57. The molecule has 0 N–H and O–H groups in total. The first-order chi connectivity index (χ1) is 12.7. The summed E-state index contributed by atoms with van der Waals surface area (Å²) in [5, 5.41) is 4.18. The van der Waals surface area contributed by atoms with Crippen molar-refractivity contribution in [1.82, 2.24) is 14.8 Å². The number of pyridine rings is 1. The van der Waals surface area contributed by atoms with E-state index >= 15 is 0 Å². The first-order valence-corrected chi connectivity index (χ1v) is 9.86. The Hall–Kier alpha value is -2.52. The molecular weight excluding hydrogens is 400 g/mol. The number of ether oxygens (including phenoxy) is 1. The van der Waals surface area contributed by atoms with Gasteiger partial charge in [0.2, 0.25) is 0 Å². The number of aromatic nitrogens is 3. The van der Waals surface area contributed by atoms with Crippen LogP contribution in [0.2, 0.25) is 5.02 Å². The number of nitrogens with zero attached hydrogens (tertiary/aromatic N) is 3. The summed E-state index contributed by atoms with van der Waals surface area (Å²) in [5.41, 5.74) is 0.309. The van der Waals surface area contributed by atoms with Crippen LogP contribution in [0.25, 0.3) is 17.1 Å². The molecule has 0 spiro atoms. The highest BCUT2D eigenvalue weighted by Crippen LogP contribution is 2.33. The molecule has 10 heteroatoms. The van der Waals surface area contributed by atoms with E-state index in [-0.39, 0.29) is 16.4 Å². The smallest absolute Gasteiger partial charge is 0.282 e. The number of methoxy groups -OCH3 is 1. The SMILES string of the molecule is COc1ccc(-c2cc(C(F)F)nn2-c2cc(S(C)(=O)=O)ccn2)cc1Cl. The fourth-order valence-electron chi connectivity index (χ4n) is 2.46. The molecule has 2 heterocycles. The van der Waals surface area contributed by atoms with Gasteiger partial charge in [0.25, 0.3) is 6.43 Å². The summed E-state index contributed by atoms with van der Waals surface area (Å²) < 4.78 is 56.3. The molecule has 0 bridgehead atoms. The van der Waals surface area contributed by atoms with Crippen molar-refractivity contribution in [3.05, 3.63) is 53.3 Å². The van der Waals surface area contributed by atoms with Crippen LogP contribution in [0.3, 0.4) is 0 Å². The van der Waals surface area contributed by atoms with Gasteiger partial charge in [-0.2, -0.15) is 5.10 Å². The third kappa shape index (κ3) is 3.93. The first-order valence-electron chi connectivity index (χ1n) is 7.59. The highest BCUT2D eigenvalue weighted by atomic mass is 35.5. The molecule has 0 saturated carbocycles. The van der Waals surface area contributed by atoms with Gasteiger partial charge in [-0.05, 0) is 30.3 Å². The highest BCUT2D eigenvalue weighted by Gasteiger charge is 2.20. The zero-order valence-electron chi connectivity index (χ0n) is 14.2. The van der Waals surface area contributed by atoms with Gasteiger partial charge < -0.3 is 4.74 Å². The minimum Gasteiger partial charge on any atom is -0.495 e. The molecule has 3 aromatic rings. The Kier molecular flexibility index (Phi) is 5.16. The van der Waals surface area contributed by atoms with E-state index in [1.165, 1.54) is 31.5 Å². The molecule has 0 radical (unpaired) electrons. The van der Waals surface area contributed by atoms with E-state index in [1.54, 1.807) is 18.2 Å². The van der Waals surface area contributed by atoms with Crippen molar-refractivity contribution in [2.75, 3.05) is 13.4 Å². The molecule has 27 heavy (non-hydrogen) atoms. The fraction of sp³-hybridized carbons (Fsp3) is 0.176. The number of benzene rings is 1. The summed E-state index contributed by atoms with van der Waals surface area (Å²) in [6.07, 6.45) is -0.485. The Labute approximate surface area is 159 Å². The van der Waals surface area contributed by atoms with Crippen molar-refractivity contribution >= 4 is 21.4 Å². The van der Waals surface area contributed by atoms with E-state index in [1.807, 2.05) is 0 Å². The Balaban J connectivity index is 2.21. The van der Waals surface area contributed by atoms with Gasteiger partial charge in [0.1, 0.15) is 11.4 Å². The van der Waals surface area contributed by atoms with Crippen molar-refractivity contribution in [2.45, 2.75) is 11.3 Å². The minimum absolute atomic E-state index is 0.000287. The molecule has 0 saturated heterocycles. The van der Waals surface area contributed by atoms with Crippen LogP contribution in [-0.2, 0) is 9.84 Å². The maximum Gasteiger partial charge on any atom is 0.282 e. The monoisotopic (exact) mass is 413 g/mol. The lowest BCUT2D eigenvalue weighted by atomic mass is 10.1. The van der Waals surface area contributed by atoms with E-state index in [2.05, 4.69) is 10.1 Å². The lowest BCUT2D eigenvalue weighted by molar-refractivity contribution is 0.145. The van der Waals surface area contributed by atoms with Crippen molar-refractivity contribution in [3.8, 4) is 22.8 Å². The van der Waals surface area contributed by atoms with Crippen molar-refractivity contribution in [2.24, 2.45) is 0 Å². The van der Waals surface area contributed by atoms with Crippen LogP contribution in [0.5, 0.6) is 5.75 Å². The van der Waals surface area contributed by atoms with Crippen LogP contribution < -0.4 is 4.74 Å². The van der Waals surface area contributed by atoms with Gasteiger partial charge in [0.15, 0.2) is 15.7 Å². The molecule has 0 fully saturated rings.